The SMILES string of the molecule is Cc1ccc(S(=O)(=O)c2ccc(C)cc2O)c(O)c1. The summed E-state index contributed by atoms with van der Waals surface area (Å²) < 4.78 is 24.8. The minimum Gasteiger partial charge on any atom is -0.507 e. The highest BCUT2D eigenvalue weighted by molar-refractivity contribution is 7.91. The third-order valence-corrected chi connectivity index (χ3v) is 4.66. The van der Waals surface area contributed by atoms with Crippen LogP contribution in [0.1, 0.15) is 11.1 Å². The minimum atomic E-state index is -3.93. The Bertz CT molecular complexity index is 676. The number of aromatic hydroxyl groups is 2. The predicted octanol–water partition coefficient (Wildman–Crippen LogP) is 2.55. The molecule has 0 aliphatic carbocycles. The van der Waals surface area contributed by atoms with Crippen LogP contribution in [0.4, 0.5) is 0 Å². The molecule has 2 aromatic carbocycles. The lowest BCUT2D eigenvalue weighted by molar-refractivity contribution is 0.452. The molecule has 5 heteroatoms. The van der Waals surface area contributed by atoms with E-state index in [1.165, 1.54) is 24.3 Å². The molecule has 0 saturated heterocycles. The Labute approximate surface area is 111 Å². The number of hydrogen-bond donors (Lipinski definition) is 2. The third kappa shape index (κ3) is 2.42. The van der Waals surface area contributed by atoms with Crippen molar-refractivity contribution in [1.29, 1.82) is 0 Å². The largest absolute Gasteiger partial charge is 0.507 e. The zero-order valence-corrected chi connectivity index (χ0v) is 11.4. The molecular weight excluding hydrogens is 264 g/mol. The summed E-state index contributed by atoms with van der Waals surface area (Å²) in [4.78, 5) is -0.422. The van der Waals surface area contributed by atoms with Crippen LogP contribution in [0.2, 0.25) is 0 Å². The summed E-state index contributed by atoms with van der Waals surface area (Å²) in [5.41, 5.74) is 1.51. The molecular formula is C14H14O4S. The molecule has 0 aromatic heterocycles. The molecule has 0 bridgehead atoms. The van der Waals surface area contributed by atoms with Crippen LogP contribution < -0.4 is 0 Å². The van der Waals surface area contributed by atoms with Crippen LogP contribution in [-0.2, 0) is 9.84 Å². The maximum atomic E-state index is 12.4. The van der Waals surface area contributed by atoms with E-state index >= 15 is 0 Å². The number of hydrogen-bond acceptors (Lipinski definition) is 4. The van der Waals surface area contributed by atoms with Crippen molar-refractivity contribution in [2.75, 3.05) is 0 Å². The van der Waals surface area contributed by atoms with Crippen LogP contribution >= 0.6 is 0 Å². The quantitative estimate of drug-likeness (QED) is 0.885. The van der Waals surface area contributed by atoms with Crippen molar-refractivity contribution < 1.29 is 18.6 Å². The van der Waals surface area contributed by atoms with Crippen LogP contribution in [0.25, 0.3) is 0 Å². The maximum absolute atomic E-state index is 12.4. The zero-order valence-electron chi connectivity index (χ0n) is 10.6. The lowest BCUT2D eigenvalue weighted by Gasteiger charge is -2.09. The fourth-order valence-electron chi connectivity index (χ4n) is 1.83. The molecule has 0 saturated carbocycles. The van der Waals surface area contributed by atoms with Gasteiger partial charge in [-0.05, 0) is 49.2 Å². The van der Waals surface area contributed by atoms with E-state index in [9.17, 15) is 18.6 Å². The Morgan fingerprint density at radius 1 is 0.789 bits per heavy atom. The van der Waals surface area contributed by atoms with Gasteiger partial charge in [0.15, 0.2) is 0 Å². The molecule has 0 aliphatic rings. The molecule has 2 rings (SSSR count). The van der Waals surface area contributed by atoms with Gasteiger partial charge in [-0.25, -0.2) is 8.42 Å². The molecule has 2 aromatic rings. The monoisotopic (exact) mass is 278 g/mol. The van der Waals surface area contributed by atoms with Crippen molar-refractivity contribution in [1.82, 2.24) is 0 Å². The summed E-state index contributed by atoms with van der Waals surface area (Å²) in [5.74, 6) is -0.639. The average molecular weight is 278 g/mol. The number of sulfone groups is 1. The zero-order chi connectivity index (χ0) is 14.2. The summed E-state index contributed by atoms with van der Waals surface area (Å²) in [5, 5.41) is 19.5. The van der Waals surface area contributed by atoms with Gasteiger partial charge < -0.3 is 10.2 Å². The summed E-state index contributed by atoms with van der Waals surface area (Å²) in [6, 6.07) is 8.60. The predicted molar refractivity (Wildman–Crippen MR) is 71.1 cm³/mol. The lowest BCUT2D eigenvalue weighted by atomic mass is 10.2. The lowest BCUT2D eigenvalue weighted by Crippen LogP contribution is -2.03. The van der Waals surface area contributed by atoms with E-state index < -0.39 is 9.84 Å². The van der Waals surface area contributed by atoms with Gasteiger partial charge in [-0.1, -0.05) is 12.1 Å². The Morgan fingerprint density at radius 3 is 1.47 bits per heavy atom. The Balaban J connectivity index is 2.65. The van der Waals surface area contributed by atoms with Crippen LogP contribution in [-0.4, -0.2) is 18.6 Å². The van der Waals surface area contributed by atoms with Crippen molar-refractivity contribution in [3.8, 4) is 11.5 Å². The smallest absolute Gasteiger partial charge is 0.213 e. The molecule has 100 valence electrons. The van der Waals surface area contributed by atoms with Gasteiger partial charge in [-0.2, -0.15) is 0 Å². The molecule has 0 unspecified atom stereocenters. The number of phenolic OH excluding ortho intramolecular Hbond substituents is 2. The van der Waals surface area contributed by atoms with Gasteiger partial charge in [0.05, 0.1) is 0 Å². The second-order valence-electron chi connectivity index (χ2n) is 4.45. The molecule has 0 atom stereocenters. The minimum absolute atomic E-state index is 0.211. The van der Waals surface area contributed by atoms with Crippen molar-refractivity contribution >= 4 is 9.84 Å². The maximum Gasteiger partial charge on any atom is 0.213 e. The van der Waals surface area contributed by atoms with E-state index in [4.69, 9.17) is 0 Å². The first-order valence-corrected chi connectivity index (χ1v) is 7.15. The van der Waals surface area contributed by atoms with Crippen molar-refractivity contribution in [2.45, 2.75) is 23.6 Å². The van der Waals surface area contributed by atoms with E-state index in [1.54, 1.807) is 26.0 Å². The highest BCUT2D eigenvalue weighted by Gasteiger charge is 2.24. The Kier molecular flexibility index (Phi) is 3.24. The van der Waals surface area contributed by atoms with Crippen molar-refractivity contribution in [3.63, 3.8) is 0 Å². The average Bonchev–Trinajstić information content (AvgIpc) is 2.27. The first kappa shape index (κ1) is 13.4. The van der Waals surface area contributed by atoms with Gasteiger partial charge in [0, 0.05) is 0 Å². The Morgan fingerprint density at radius 2 is 1.16 bits per heavy atom. The van der Waals surface area contributed by atoms with Crippen molar-refractivity contribution in [2.24, 2.45) is 0 Å². The van der Waals surface area contributed by atoms with Crippen LogP contribution in [0.15, 0.2) is 46.2 Å². The normalized spacial score (nSPS) is 11.5. The second-order valence-corrected chi connectivity index (χ2v) is 6.33. The first-order valence-electron chi connectivity index (χ1n) is 5.66. The molecule has 0 radical (unpaired) electrons. The van der Waals surface area contributed by atoms with E-state index in [0.29, 0.717) is 0 Å². The van der Waals surface area contributed by atoms with E-state index in [0.717, 1.165) is 11.1 Å². The molecule has 0 heterocycles. The summed E-state index contributed by atoms with van der Waals surface area (Å²) in [6.45, 7) is 3.50. The van der Waals surface area contributed by atoms with E-state index in [-0.39, 0.29) is 21.3 Å². The molecule has 2 N–H and O–H groups in total. The topological polar surface area (TPSA) is 74.6 Å². The fraction of sp³-hybridized carbons (Fsp3) is 0.143. The molecule has 4 nitrogen and oxygen atoms in total. The van der Waals surface area contributed by atoms with Gasteiger partial charge in [0.25, 0.3) is 0 Å². The highest BCUT2D eigenvalue weighted by atomic mass is 32.2. The van der Waals surface area contributed by atoms with Crippen molar-refractivity contribution in [3.05, 3.63) is 47.5 Å². The molecule has 19 heavy (non-hydrogen) atoms. The molecule has 0 aliphatic heterocycles. The van der Waals surface area contributed by atoms with Gasteiger partial charge >= 0.3 is 0 Å². The summed E-state index contributed by atoms with van der Waals surface area (Å²) in [7, 11) is -3.93. The summed E-state index contributed by atoms with van der Waals surface area (Å²) >= 11 is 0. The summed E-state index contributed by atoms with van der Waals surface area (Å²) in [6.07, 6.45) is 0. The second kappa shape index (κ2) is 4.59. The van der Waals surface area contributed by atoms with Gasteiger partial charge in [0.1, 0.15) is 21.3 Å². The van der Waals surface area contributed by atoms with E-state index in [2.05, 4.69) is 0 Å². The third-order valence-electron chi connectivity index (χ3n) is 2.81. The van der Waals surface area contributed by atoms with Gasteiger partial charge in [-0.3, -0.25) is 0 Å². The number of aryl methyl sites for hydroxylation is 2. The standard InChI is InChI=1S/C14H14O4S/c1-9-3-5-13(11(15)7-9)19(17,18)14-6-4-10(2)8-12(14)16/h3-8,15-16H,1-2H3. The first-order chi connectivity index (χ1) is 8.82. The van der Waals surface area contributed by atoms with Gasteiger partial charge in [0.2, 0.25) is 9.84 Å². The van der Waals surface area contributed by atoms with Crippen LogP contribution in [0.5, 0.6) is 11.5 Å². The van der Waals surface area contributed by atoms with Crippen LogP contribution in [0.3, 0.4) is 0 Å². The number of phenols is 2. The molecule has 0 fully saturated rings. The highest BCUT2D eigenvalue weighted by Crippen LogP contribution is 2.33. The fourth-order valence-corrected chi connectivity index (χ4v) is 3.23. The number of rotatable bonds is 2. The van der Waals surface area contributed by atoms with Crippen LogP contribution in [0, 0.1) is 13.8 Å². The molecule has 0 amide bonds. The molecule has 0 spiro atoms. The van der Waals surface area contributed by atoms with E-state index in [1.807, 2.05) is 0 Å². The van der Waals surface area contributed by atoms with Gasteiger partial charge in [-0.15, -0.1) is 0 Å². The Hall–Kier alpha value is -2.01. The number of benzene rings is 2.